The van der Waals surface area contributed by atoms with Crippen LogP contribution in [-0.4, -0.2) is 54.0 Å². The van der Waals surface area contributed by atoms with E-state index in [4.69, 9.17) is 25.8 Å². The first kappa shape index (κ1) is 26.8. The molecule has 1 heterocycles. The molecule has 1 N–H and O–H groups in total. The van der Waals surface area contributed by atoms with Gasteiger partial charge in [0.25, 0.3) is 5.91 Å². The van der Waals surface area contributed by atoms with Crippen molar-refractivity contribution in [1.82, 2.24) is 20.2 Å². The summed E-state index contributed by atoms with van der Waals surface area (Å²) >= 11 is 7.43. The summed E-state index contributed by atoms with van der Waals surface area (Å²) in [5, 5.41) is 14.4. The fourth-order valence-corrected chi connectivity index (χ4v) is 5.28. The predicted octanol–water partition coefficient (Wildman–Crippen LogP) is 5.37. The number of carbonyl (C=O) groups excluding carboxylic acids is 1. The van der Waals surface area contributed by atoms with Crippen molar-refractivity contribution in [2.75, 3.05) is 27.1 Å². The number of thioether (sulfide) groups is 1. The molecule has 1 aliphatic rings. The molecule has 1 aliphatic carbocycles. The SMILES string of the molecule is COc1cc(/C=N/NC(=O)CSc2nnc(-c3ccc(Cl)cc3)n2C2CCCCC2)cc(OC)c1OC. The van der Waals surface area contributed by atoms with Crippen LogP contribution in [-0.2, 0) is 4.79 Å². The molecule has 3 aromatic rings. The van der Waals surface area contributed by atoms with Gasteiger partial charge in [-0.15, -0.1) is 10.2 Å². The Hall–Kier alpha value is -3.24. The van der Waals surface area contributed by atoms with Crippen LogP contribution in [0.1, 0.15) is 43.7 Å². The number of aromatic nitrogens is 3. The van der Waals surface area contributed by atoms with E-state index in [0.29, 0.717) is 33.9 Å². The van der Waals surface area contributed by atoms with Crippen LogP contribution in [0, 0.1) is 0 Å². The van der Waals surface area contributed by atoms with E-state index in [1.807, 2.05) is 24.3 Å². The van der Waals surface area contributed by atoms with Crippen LogP contribution in [0.25, 0.3) is 11.4 Å². The lowest BCUT2D eigenvalue weighted by atomic mass is 9.95. The Kier molecular flexibility index (Phi) is 9.29. The number of hydrazone groups is 1. The van der Waals surface area contributed by atoms with Crippen molar-refractivity contribution in [2.24, 2.45) is 5.10 Å². The molecule has 1 fully saturated rings. The lowest BCUT2D eigenvalue weighted by Crippen LogP contribution is -2.20. The second-order valence-electron chi connectivity index (χ2n) is 8.52. The number of nitrogens with one attached hydrogen (secondary N) is 1. The van der Waals surface area contributed by atoms with E-state index in [0.717, 1.165) is 29.4 Å². The molecule has 0 radical (unpaired) electrons. The average Bonchev–Trinajstić information content (AvgIpc) is 3.36. The third-order valence-corrected chi connectivity index (χ3v) is 7.32. The molecule has 2 aromatic carbocycles. The Balaban J connectivity index is 1.44. The molecule has 1 aromatic heterocycles. The first-order valence-corrected chi connectivity index (χ1v) is 13.4. The quantitative estimate of drug-likeness (QED) is 0.208. The van der Waals surface area contributed by atoms with Gasteiger partial charge in [-0.2, -0.15) is 5.10 Å². The second-order valence-corrected chi connectivity index (χ2v) is 9.89. The standard InChI is InChI=1S/C26H30ClN5O4S/c1-34-21-13-17(14-22(35-2)24(21)36-3)15-28-29-23(33)16-37-26-31-30-25(18-9-11-19(27)12-10-18)32(26)20-7-5-4-6-8-20/h9-15,20H,4-8,16H2,1-3H3,(H,29,33)/b28-15+. The van der Waals surface area contributed by atoms with E-state index >= 15 is 0 Å². The number of halogens is 1. The Labute approximate surface area is 225 Å². The summed E-state index contributed by atoms with van der Waals surface area (Å²) in [4.78, 5) is 12.6. The molecular formula is C26H30ClN5O4S. The zero-order valence-corrected chi connectivity index (χ0v) is 22.6. The smallest absolute Gasteiger partial charge is 0.250 e. The van der Waals surface area contributed by atoms with Gasteiger partial charge in [0, 0.05) is 22.2 Å². The van der Waals surface area contributed by atoms with E-state index in [1.165, 1.54) is 37.2 Å². The van der Waals surface area contributed by atoms with Gasteiger partial charge in [0.15, 0.2) is 22.5 Å². The number of ether oxygens (including phenoxy) is 3. The van der Waals surface area contributed by atoms with Gasteiger partial charge in [-0.3, -0.25) is 9.36 Å². The molecule has 1 amide bonds. The monoisotopic (exact) mass is 543 g/mol. The van der Waals surface area contributed by atoms with E-state index in [9.17, 15) is 4.79 Å². The Morgan fingerprint density at radius 3 is 2.38 bits per heavy atom. The van der Waals surface area contributed by atoms with Crippen molar-refractivity contribution in [1.29, 1.82) is 0 Å². The maximum absolute atomic E-state index is 12.6. The largest absolute Gasteiger partial charge is 0.493 e. The zero-order chi connectivity index (χ0) is 26.2. The third-order valence-electron chi connectivity index (χ3n) is 6.13. The van der Waals surface area contributed by atoms with Gasteiger partial charge >= 0.3 is 0 Å². The summed E-state index contributed by atoms with van der Waals surface area (Å²) in [6, 6.07) is 11.4. The van der Waals surface area contributed by atoms with Gasteiger partial charge in [-0.05, 0) is 49.2 Å². The van der Waals surface area contributed by atoms with Crippen LogP contribution in [0.4, 0.5) is 0 Å². The molecule has 37 heavy (non-hydrogen) atoms. The van der Waals surface area contributed by atoms with Gasteiger partial charge in [0.2, 0.25) is 5.75 Å². The lowest BCUT2D eigenvalue weighted by Gasteiger charge is -2.25. The van der Waals surface area contributed by atoms with Gasteiger partial charge in [-0.1, -0.05) is 42.6 Å². The highest BCUT2D eigenvalue weighted by Crippen LogP contribution is 2.38. The van der Waals surface area contributed by atoms with Crippen molar-refractivity contribution in [3.05, 3.63) is 47.0 Å². The molecule has 9 nitrogen and oxygen atoms in total. The topological polar surface area (TPSA) is 99.9 Å². The number of hydrogen-bond donors (Lipinski definition) is 1. The maximum atomic E-state index is 12.6. The predicted molar refractivity (Wildman–Crippen MR) is 145 cm³/mol. The van der Waals surface area contributed by atoms with Crippen LogP contribution >= 0.6 is 23.4 Å². The Morgan fingerprint density at radius 2 is 1.76 bits per heavy atom. The molecule has 11 heteroatoms. The van der Waals surface area contributed by atoms with Crippen LogP contribution < -0.4 is 19.6 Å². The number of nitrogens with zero attached hydrogens (tertiary/aromatic N) is 4. The van der Waals surface area contributed by atoms with Crippen molar-refractivity contribution in [2.45, 2.75) is 43.3 Å². The normalized spacial score (nSPS) is 14.1. The van der Waals surface area contributed by atoms with E-state index in [2.05, 4.69) is 25.3 Å². The van der Waals surface area contributed by atoms with Crippen LogP contribution in [0.15, 0.2) is 46.7 Å². The van der Waals surface area contributed by atoms with Gasteiger partial charge in [0.05, 0.1) is 33.3 Å². The minimum atomic E-state index is -0.250. The summed E-state index contributed by atoms with van der Waals surface area (Å²) in [6.07, 6.45) is 7.24. The van der Waals surface area contributed by atoms with Crippen LogP contribution in [0.5, 0.6) is 17.2 Å². The highest BCUT2D eigenvalue weighted by molar-refractivity contribution is 7.99. The van der Waals surface area contributed by atoms with Crippen molar-refractivity contribution in [3.8, 4) is 28.6 Å². The average molecular weight is 544 g/mol. The maximum Gasteiger partial charge on any atom is 0.250 e. The van der Waals surface area contributed by atoms with Gasteiger partial charge in [0.1, 0.15) is 0 Å². The number of methoxy groups -OCH3 is 3. The number of carbonyl (C=O) groups is 1. The second kappa shape index (κ2) is 12.8. The summed E-state index contributed by atoms with van der Waals surface area (Å²) in [5.41, 5.74) is 4.21. The number of amides is 1. The minimum absolute atomic E-state index is 0.151. The molecule has 196 valence electrons. The summed E-state index contributed by atoms with van der Waals surface area (Å²) in [5.74, 6) is 2.19. The summed E-state index contributed by atoms with van der Waals surface area (Å²) < 4.78 is 18.2. The third kappa shape index (κ3) is 6.56. The van der Waals surface area contributed by atoms with Crippen molar-refractivity contribution in [3.63, 3.8) is 0 Å². The van der Waals surface area contributed by atoms with E-state index in [1.54, 1.807) is 33.5 Å². The fraction of sp³-hybridized carbons (Fsp3) is 0.385. The molecule has 4 rings (SSSR count). The van der Waals surface area contributed by atoms with Crippen LogP contribution in [0.3, 0.4) is 0 Å². The first-order valence-electron chi connectivity index (χ1n) is 12.0. The number of benzene rings is 2. The first-order chi connectivity index (χ1) is 18.0. The highest BCUT2D eigenvalue weighted by Gasteiger charge is 2.24. The Morgan fingerprint density at radius 1 is 1.08 bits per heavy atom. The summed E-state index contributed by atoms with van der Waals surface area (Å²) in [7, 11) is 4.63. The molecule has 0 saturated heterocycles. The highest BCUT2D eigenvalue weighted by atomic mass is 35.5. The molecule has 0 spiro atoms. The Bertz CT molecular complexity index is 1220. The molecule has 0 bridgehead atoms. The molecule has 0 aliphatic heterocycles. The zero-order valence-electron chi connectivity index (χ0n) is 21.1. The van der Waals surface area contributed by atoms with E-state index in [-0.39, 0.29) is 11.7 Å². The van der Waals surface area contributed by atoms with Crippen molar-refractivity contribution < 1.29 is 19.0 Å². The van der Waals surface area contributed by atoms with Gasteiger partial charge in [-0.25, -0.2) is 5.43 Å². The molecule has 0 atom stereocenters. The number of hydrogen-bond acceptors (Lipinski definition) is 8. The summed E-state index contributed by atoms with van der Waals surface area (Å²) in [6.45, 7) is 0. The fourth-order valence-electron chi connectivity index (χ4n) is 4.36. The van der Waals surface area contributed by atoms with Gasteiger partial charge < -0.3 is 14.2 Å². The van der Waals surface area contributed by atoms with Crippen LogP contribution in [0.2, 0.25) is 5.02 Å². The molecule has 0 unspecified atom stereocenters. The molecule has 1 saturated carbocycles. The number of rotatable bonds is 10. The van der Waals surface area contributed by atoms with Crippen molar-refractivity contribution >= 4 is 35.5 Å². The van der Waals surface area contributed by atoms with E-state index < -0.39 is 0 Å². The lowest BCUT2D eigenvalue weighted by molar-refractivity contribution is -0.118. The molecular weight excluding hydrogens is 514 g/mol. The minimum Gasteiger partial charge on any atom is -0.493 e.